The predicted octanol–water partition coefficient (Wildman–Crippen LogP) is 4.10. The Bertz CT molecular complexity index is 1380. The number of hydrogen-bond acceptors (Lipinski definition) is 6. The molecule has 2 aromatic carbocycles. The first-order valence-electron chi connectivity index (χ1n) is 11.1. The molecule has 5 atom stereocenters. The summed E-state index contributed by atoms with van der Waals surface area (Å²) in [6.45, 7) is 1.73. The minimum atomic E-state index is -1.58. The van der Waals surface area contributed by atoms with Gasteiger partial charge in [0.15, 0.2) is 5.75 Å². The van der Waals surface area contributed by atoms with Gasteiger partial charge in [-0.1, -0.05) is 46.4 Å². The monoisotopic (exact) mass is 569 g/mol. The first-order valence-corrected chi connectivity index (χ1v) is 12.6. The number of hydrogen-bond donors (Lipinski definition) is 2. The van der Waals surface area contributed by atoms with Crippen molar-refractivity contribution in [3.63, 3.8) is 0 Å². The summed E-state index contributed by atoms with van der Waals surface area (Å²) in [4.78, 5) is 44.6. The van der Waals surface area contributed by atoms with E-state index in [2.05, 4.69) is 5.32 Å². The molecule has 4 aliphatic heterocycles. The van der Waals surface area contributed by atoms with Crippen LogP contribution in [0.3, 0.4) is 0 Å². The van der Waals surface area contributed by atoms with Gasteiger partial charge >= 0.3 is 0 Å². The zero-order valence-corrected chi connectivity index (χ0v) is 22.0. The Kier molecular flexibility index (Phi) is 5.21. The Morgan fingerprint density at radius 1 is 1.03 bits per heavy atom. The number of halogens is 4. The van der Waals surface area contributed by atoms with Crippen molar-refractivity contribution in [1.29, 1.82) is 0 Å². The van der Waals surface area contributed by atoms with Gasteiger partial charge in [0.1, 0.15) is 5.54 Å². The summed E-state index contributed by atoms with van der Waals surface area (Å²) in [5.41, 5.74) is -1.84. The topological polar surface area (TPSA) is 99.2 Å². The molecule has 0 bridgehead atoms. The van der Waals surface area contributed by atoms with Crippen LogP contribution in [0.5, 0.6) is 5.75 Å². The van der Waals surface area contributed by atoms with E-state index in [1.165, 1.54) is 25.3 Å². The summed E-state index contributed by atoms with van der Waals surface area (Å²) >= 11 is 25.4. The van der Waals surface area contributed by atoms with Crippen molar-refractivity contribution in [3.8, 4) is 5.75 Å². The number of amides is 3. The van der Waals surface area contributed by atoms with Gasteiger partial charge in [-0.05, 0) is 37.6 Å². The van der Waals surface area contributed by atoms with E-state index in [1.807, 2.05) is 0 Å². The molecule has 0 radical (unpaired) electrons. The number of aliphatic hydroxyl groups is 1. The van der Waals surface area contributed by atoms with Gasteiger partial charge in [0.05, 0.1) is 51.0 Å². The maximum absolute atomic E-state index is 14.1. The van der Waals surface area contributed by atoms with Gasteiger partial charge in [-0.2, -0.15) is 0 Å². The van der Waals surface area contributed by atoms with Crippen molar-refractivity contribution >= 4 is 75.5 Å². The average Bonchev–Trinajstić information content (AvgIpc) is 3.41. The van der Waals surface area contributed by atoms with E-state index in [4.69, 9.17) is 51.1 Å². The predicted molar refractivity (Wildman–Crippen MR) is 135 cm³/mol. The third kappa shape index (κ3) is 2.94. The number of ether oxygens (including phenoxy) is 1. The van der Waals surface area contributed by atoms with Gasteiger partial charge in [0.25, 0.3) is 5.91 Å². The fourth-order valence-corrected chi connectivity index (χ4v) is 7.74. The van der Waals surface area contributed by atoms with Gasteiger partial charge in [0, 0.05) is 23.2 Å². The van der Waals surface area contributed by atoms with Crippen LogP contribution in [0.4, 0.5) is 11.4 Å². The molecule has 4 aliphatic rings. The third-order valence-corrected chi connectivity index (χ3v) is 8.80. The summed E-state index contributed by atoms with van der Waals surface area (Å²) in [7, 11) is 1.40. The molecule has 1 spiro atoms. The highest BCUT2D eigenvalue weighted by Gasteiger charge is 2.76. The minimum Gasteiger partial charge on any atom is -0.494 e. The summed E-state index contributed by atoms with van der Waals surface area (Å²) in [5, 5.41) is 14.5. The fourth-order valence-electron chi connectivity index (χ4n) is 6.56. The first-order chi connectivity index (χ1) is 16.9. The number of carbonyl (C=O) groups excluding carboxylic acids is 3. The summed E-state index contributed by atoms with van der Waals surface area (Å²) in [5.74, 6) is -3.34. The lowest BCUT2D eigenvalue weighted by Gasteiger charge is -2.37. The Morgan fingerprint density at radius 3 is 2.33 bits per heavy atom. The first kappa shape index (κ1) is 24.3. The highest BCUT2D eigenvalue weighted by molar-refractivity contribution is 6.39. The van der Waals surface area contributed by atoms with Crippen LogP contribution in [0.15, 0.2) is 24.3 Å². The maximum atomic E-state index is 14.1. The molecule has 3 amide bonds. The smallest absolute Gasteiger partial charge is 0.250 e. The highest BCUT2D eigenvalue weighted by atomic mass is 35.5. The molecule has 3 saturated heterocycles. The van der Waals surface area contributed by atoms with Crippen LogP contribution >= 0.6 is 46.4 Å². The number of anilines is 2. The number of imide groups is 1. The van der Waals surface area contributed by atoms with Crippen LogP contribution in [-0.2, 0) is 19.9 Å². The normalized spacial score (nSPS) is 32.8. The third-order valence-electron chi connectivity index (χ3n) is 7.72. The molecule has 0 saturated carbocycles. The molecule has 188 valence electrons. The second kappa shape index (κ2) is 7.72. The standard InChI is InChI=1S/C24H19Cl4N3O5/c1-23(35)7-15-16-17(21(33)31(20(16)32)10-5-13(27)19(36-2)14(28)6-10)24(30(15)8-23)11-3-9(25)4-12(26)18(11)29-22(24)34/h3-6,15-17,35H,7-8H2,1-2H3,(H,29,34)/t15?,16?,17?,23-,24?/m0/s1. The quantitative estimate of drug-likeness (QED) is 0.527. The van der Waals surface area contributed by atoms with E-state index >= 15 is 0 Å². The van der Waals surface area contributed by atoms with E-state index in [0.717, 1.165) is 4.90 Å². The lowest BCUT2D eigenvalue weighted by molar-refractivity contribution is -0.136. The molecule has 4 heterocycles. The Hall–Kier alpha value is -2.07. The molecule has 12 heteroatoms. The second-order valence-electron chi connectivity index (χ2n) is 9.88. The molecule has 0 aromatic heterocycles. The van der Waals surface area contributed by atoms with E-state index in [0.29, 0.717) is 11.3 Å². The summed E-state index contributed by atoms with van der Waals surface area (Å²) < 4.78 is 5.19. The minimum absolute atomic E-state index is 0.0857. The molecular weight excluding hydrogens is 552 g/mol. The number of carbonyl (C=O) groups is 3. The van der Waals surface area contributed by atoms with Crippen LogP contribution in [0, 0.1) is 11.8 Å². The second-order valence-corrected chi connectivity index (χ2v) is 11.5. The van der Waals surface area contributed by atoms with Gasteiger partial charge in [-0.25, -0.2) is 4.90 Å². The van der Waals surface area contributed by atoms with Crippen LogP contribution in [0.25, 0.3) is 0 Å². The number of nitrogens with one attached hydrogen (secondary N) is 1. The van der Waals surface area contributed by atoms with Crippen molar-refractivity contribution in [2.45, 2.75) is 30.5 Å². The number of rotatable bonds is 2. The van der Waals surface area contributed by atoms with Gasteiger partial charge in [-0.3, -0.25) is 19.3 Å². The zero-order valence-electron chi connectivity index (χ0n) is 18.9. The van der Waals surface area contributed by atoms with E-state index < -0.39 is 46.7 Å². The number of fused-ring (bicyclic) bond motifs is 7. The van der Waals surface area contributed by atoms with E-state index in [-0.39, 0.29) is 44.5 Å². The number of methoxy groups -OCH3 is 1. The highest BCUT2D eigenvalue weighted by Crippen LogP contribution is 2.62. The van der Waals surface area contributed by atoms with Crippen molar-refractivity contribution in [2.24, 2.45) is 11.8 Å². The Labute approximate surface area is 226 Å². The maximum Gasteiger partial charge on any atom is 0.250 e. The molecule has 3 fully saturated rings. The largest absolute Gasteiger partial charge is 0.494 e. The van der Waals surface area contributed by atoms with E-state index in [9.17, 15) is 19.5 Å². The molecular formula is C24H19Cl4N3O5. The van der Waals surface area contributed by atoms with Gasteiger partial charge < -0.3 is 15.2 Å². The van der Waals surface area contributed by atoms with Gasteiger partial charge in [-0.15, -0.1) is 0 Å². The van der Waals surface area contributed by atoms with Gasteiger partial charge in [0.2, 0.25) is 11.8 Å². The lowest BCUT2D eigenvalue weighted by atomic mass is 9.74. The fraction of sp³-hybridized carbons (Fsp3) is 0.375. The summed E-state index contributed by atoms with van der Waals surface area (Å²) in [6.07, 6.45) is 0.198. The number of nitrogens with zero attached hydrogens (tertiary/aromatic N) is 2. The lowest BCUT2D eigenvalue weighted by Crippen LogP contribution is -2.55. The molecule has 4 unspecified atom stereocenters. The Morgan fingerprint density at radius 2 is 1.69 bits per heavy atom. The van der Waals surface area contributed by atoms with Crippen molar-refractivity contribution < 1.29 is 24.2 Å². The van der Waals surface area contributed by atoms with Crippen LogP contribution in [0.2, 0.25) is 20.1 Å². The zero-order chi connectivity index (χ0) is 25.9. The molecule has 8 nitrogen and oxygen atoms in total. The van der Waals surface area contributed by atoms with Crippen molar-refractivity contribution in [2.75, 3.05) is 23.9 Å². The van der Waals surface area contributed by atoms with Crippen LogP contribution in [-0.4, -0.2) is 53.0 Å². The van der Waals surface area contributed by atoms with Crippen molar-refractivity contribution in [1.82, 2.24) is 4.90 Å². The molecule has 2 N–H and O–H groups in total. The average molecular weight is 571 g/mol. The molecule has 6 rings (SSSR count). The van der Waals surface area contributed by atoms with Crippen molar-refractivity contribution in [3.05, 3.63) is 49.9 Å². The summed E-state index contributed by atoms with van der Waals surface area (Å²) in [6, 6.07) is 5.36. The Balaban J connectivity index is 1.57. The van der Waals surface area contributed by atoms with E-state index in [1.54, 1.807) is 17.9 Å². The SMILES string of the molecule is COc1c(Cl)cc(N2C(=O)C3C4C[C@](C)(O)CN4C4(C(=O)Nc5c(Cl)cc(Cl)cc54)C3C2=O)cc1Cl. The molecule has 0 aliphatic carbocycles. The molecule has 36 heavy (non-hydrogen) atoms. The van der Waals surface area contributed by atoms with Crippen LogP contribution in [0.1, 0.15) is 18.9 Å². The van der Waals surface area contributed by atoms with Crippen LogP contribution < -0.4 is 15.0 Å². The number of benzene rings is 2. The molecule has 2 aromatic rings.